The molecule has 3 N–H and O–H groups in total. The summed E-state index contributed by atoms with van der Waals surface area (Å²) >= 11 is 13.0. The molecule has 0 bridgehead atoms. The Bertz CT molecular complexity index is 523. The van der Waals surface area contributed by atoms with E-state index in [2.05, 4.69) is 6.92 Å². The summed E-state index contributed by atoms with van der Waals surface area (Å²) in [4.78, 5) is 9.93. The predicted octanol–water partition coefficient (Wildman–Crippen LogP) is 5.29. The maximum Gasteiger partial charge on any atom is 0.303 e. The monoisotopic (exact) mass is 434 g/mol. The Kier molecular flexibility index (Phi) is 11.7. The van der Waals surface area contributed by atoms with E-state index in [4.69, 9.17) is 28.3 Å². The van der Waals surface area contributed by atoms with E-state index in [1.54, 1.807) is 0 Å². The number of aliphatic hydroxyl groups is 2. The van der Waals surface area contributed by atoms with E-state index >= 15 is 0 Å². The summed E-state index contributed by atoms with van der Waals surface area (Å²) in [5.74, 6) is -0.692. The van der Waals surface area contributed by atoms with Gasteiger partial charge in [-0.1, -0.05) is 44.6 Å². The average molecular weight is 435 g/mol. The van der Waals surface area contributed by atoms with Crippen LogP contribution in [0.5, 0.6) is 0 Å². The van der Waals surface area contributed by atoms with Crippen LogP contribution in [0, 0.1) is 11.8 Å². The first-order valence-corrected chi connectivity index (χ1v) is 11.3. The Morgan fingerprint density at radius 3 is 2.61 bits per heavy atom. The minimum atomic E-state index is -0.775. The van der Waals surface area contributed by atoms with Crippen LogP contribution in [-0.4, -0.2) is 43.7 Å². The Labute approximate surface area is 179 Å². The van der Waals surface area contributed by atoms with Gasteiger partial charge in [-0.2, -0.15) is 0 Å². The molecule has 6 heteroatoms. The molecule has 0 aromatic carbocycles. The summed E-state index contributed by atoms with van der Waals surface area (Å²) in [6.45, 7) is 4.05. The van der Waals surface area contributed by atoms with E-state index < -0.39 is 23.1 Å². The molecule has 0 aromatic heterocycles. The van der Waals surface area contributed by atoms with E-state index in [0.717, 1.165) is 25.7 Å². The van der Waals surface area contributed by atoms with Gasteiger partial charge in [-0.05, 0) is 50.9 Å². The first-order valence-electron chi connectivity index (χ1n) is 10.5. The van der Waals surface area contributed by atoms with Gasteiger partial charge in [-0.3, -0.25) is 4.79 Å². The lowest BCUT2D eigenvalue weighted by atomic mass is 9.88. The molecular formula is C22H36Cl2O4. The number of halogens is 2. The van der Waals surface area contributed by atoms with Crippen LogP contribution in [0.15, 0.2) is 24.3 Å². The smallest absolute Gasteiger partial charge is 0.303 e. The van der Waals surface area contributed by atoms with Crippen molar-refractivity contribution >= 4 is 29.2 Å². The zero-order valence-electron chi connectivity index (χ0n) is 17.1. The molecule has 0 heterocycles. The van der Waals surface area contributed by atoms with Crippen LogP contribution < -0.4 is 0 Å². The number of hydrogen-bond acceptors (Lipinski definition) is 3. The van der Waals surface area contributed by atoms with Crippen molar-refractivity contribution < 1.29 is 20.1 Å². The zero-order chi connectivity index (χ0) is 21.2. The molecule has 1 aliphatic rings. The zero-order valence-corrected chi connectivity index (χ0v) is 18.6. The molecule has 0 saturated heterocycles. The van der Waals surface area contributed by atoms with Gasteiger partial charge in [0.1, 0.15) is 0 Å². The number of alkyl halides is 2. The molecule has 0 spiro atoms. The Balaban J connectivity index is 2.59. The molecule has 0 aromatic rings. The maximum absolute atomic E-state index is 10.5. The van der Waals surface area contributed by atoms with Crippen molar-refractivity contribution in [3.63, 3.8) is 0 Å². The fourth-order valence-electron chi connectivity index (χ4n) is 3.98. The fraction of sp³-hybridized carbons (Fsp3) is 0.773. The molecule has 0 amide bonds. The average Bonchev–Trinajstić information content (AvgIpc) is 2.90. The fourth-order valence-corrected chi connectivity index (χ4v) is 4.71. The topological polar surface area (TPSA) is 77.8 Å². The minimum absolute atomic E-state index is 0.0455. The van der Waals surface area contributed by atoms with Crippen molar-refractivity contribution in [1.82, 2.24) is 0 Å². The summed E-state index contributed by atoms with van der Waals surface area (Å²) in [7, 11) is 0. The van der Waals surface area contributed by atoms with Gasteiger partial charge in [0.15, 0.2) is 0 Å². The van der Waals surface area contributed by atoms with E-state index in [1.807, 2.05) is 31.2 Å². The van der Waals surface area contributed by atoms with Crippen molar-refractivity contribution in [2.75, 3.05) is 0 Å². The minimum Gasteiger partial charge on any atom is -0.481 e. The Morgan fingerprint density at radius 1 is 1.29 bits per heavy atom. The van der Waals surface area contributed by atoms with Crippen LogP contribution in [0.1, 0.15) is 71.6 Å². The van der Waals surface area contributed by atoms with Crippen molar-refractivity contribution in [3.8, 4) is 0 Å². The molecule has 1 aliphatic carbocycles. The number of rotatable bonds is 13. The molecule has 0 aliphatic heterocycles. The van der Waals surface area contributed by atoms with Gasteiger partial charge in [0, 0.05) is 17.7 Å². The Hall–Kier alpha value is -0.550. The van der Waals surface area contributed by atoms with Gasteiger partial charge in [0.25, 0.3) is 0 Å². The van der Waals surface area contributed by atoms with E-state index in [1.165, 1.54) is 0 Å². The largest absolute Gasteiger partial charge is 0.481 e. The second kappa shape index (κ2) is 12.9. The highest BCUT2D eigenvalue weighted by Gasteiger charge is 2.39. The van der Waals surface area contributed by atoms with Crippen molar-refractivity contribution in [2.45, 2.75) is 94.1 Å². The summed E-state index contributed by atoms with van der Waals surface area (Å²) in [5.41, 5.74) is 0. The molecule has 0 radical (unpaired) electrons. The van der Waals surface area contributed by atoms with Gasteiger partial charge in [-0.15, -0.1) is 23.2 Å². The quantitative estimate of drug-likeness (QED) is 0.209. The molecule has 1 fully saturated rings. The lowest BCUT2D eigenvalue weighted by Gasteiger charge is -2.30. The number of aliphatic carboxylic acids is 1. The maximum atomic E-state index is 10.5. The van der Waals surface area contributed by atoms with Crippen LogP contribution in [0.3, 0.4) is 0 Å². The highest BCUT2D eigenvalue weighted by atomic mass is 35.5. The van der Waals surface area contributed by atoms with Crippen LogP contribution in [-0.2, 0) is 4.79 Å². The molecule has 1 unspecified atom stereocenters. The van der Waals surface area contributed by atoms with Gasteiger partial charge >= 0.3 is 5.97 Å². The van der Waals surface area contributed by atoms with Crippen molar-refractivity contribution in [1.29, 1.82) is 0 Å². The summed E-state index contributed by atoms with van der Waals surface area (Å²) in [5, 5.41) is 29.4. The normalized spacial score (nSPS) is 28.8. The molecule has 1 saturated carbocycles. The lowest BCUT2D eigenvalue weighted by molar-refractivity contribution is -0.137. The van der Waals surface area contributed by atoms with Crippen LogP contribution in [0.2, 0.25) is 0 Å². The highest BCUT2D eigenvalue weighted by molar-refractivity contribution is 6.24. The van der Waals surface area contributed by atoms with Crippen LogP contribution in [0.25, 0.3) is 0 Å². The summed E-state index contributed by atoms with van der Waals surface area (Å²) in [6, 6.07) is 0. The SMILES string of the molecule is CCCC(Cl)(CC)[C@@H](O)CC=C[C@@H]1[C@@H](CC=CCCCC(=O)O)[C@H](Cl)C[C@H]1O. The summed E-state index contributed by atoms with van der Waals surface area (Å²) in [6.07, 6.45) is 12.6. The van der Waals surface area contributed by atoms with Gasteiger partial charge in [0.05, 0.1) is 17.1 Å². The van der Waals surface area contributed by atoms with E-state index in [9.17, 15) is 15.0 Å². The van der Waals surface area contributed by atoms with Crippen LogP contribution >= 0.6 is 23.2 Å². The number of aliphatic hydroxyl groups excluding tert-OH is 2. The number of carboxylic acids is 1. The second-order valence-electron chi connectivity index (χ2n) is 7.87. The van der Waals surface area contributed by atoms with Gasteiger partial charge < -0.3 is 15.3 Å². The molecule has 6 atom stereocenters. The third-order valence-corrected chi connectivity index (χ3v) is 6.98. The third kappa shape index (κ3) is 8.06. The lowest BCUT2D eigenvalue weighted by Crippen LogP contribution is -2.35. The molecular weight excluding hydrogens is 399 g/mol. The molecule has 162 valence electrons. The number of hydrogen-bond donors (Lipinski definition) is 3. The Morgan fingerprint density at radius 2 is 2.00 bits per heavy atom. The highest BCUT2D eigenvalue weighted by Crippen LogP contribution is 2.40. The van der Waals surface area contributed by atoms with Crippen molar-refractivity contribution in [3.05, 3.63) is 24.3 Å². The first kappa shape index (κ1) is 25.5. The second-order valence-corrected chi connectivity index (χ2v) is 9.18. The van der Waals surface area contributed by atoms with Crippen molar-refractivity contribution in [2.24, 2.45) is 11.8 Å². The van der Waals surface area contributed by atoms with E-state index in [-0.39, 0.29) is 23.6 Å². The number of carboxylic acid groups (broad SMARTS) is 1. The standard InChI is InChI=1S/C22H36Cl2O4/c1-3-14-22(24,4-2)20(26)12-9-11-17-16(18(23)15-19(17)25)10-7-5-6-8-13-21(27)28/h5,7,9,11,16-20,25-26H,3-4,6,8,10,12-15H2,1-2H3,(H,27,28)/t16-,17-,18-,19-,20+,22?/m1/s1. The first-order chi connectivity index (χ1) is 13.2. The molecule has 28 heavy (non-hydrogen) atoms. The van der Waals surface area contributed by atoms with Crippen LogP contribution in [0.4, 0.5) is 0 Å². The summed E-state index contributed by atoms with van der Waals surface area (Å²) < 4.78 is 0. The molecule has 4 nitrogen and oxygen atoms in total. The third-order valence-electron chi connectivity index (χ3n) is 5.77. The van der Waals surface area contributed by atoms with E-state index in [0.29, 0.717) is 25.7 Å². The van der Waals surface area contributed by atoms with Gasteiger partial charge in [0.2, 0.25) is 0 Å². The van der Waals surface area contributed by atoms with Gasteiger partial charge in [-0.25, -0.2) is 0 Å². The number of unbranched alkanes of at least 4 members (excludes halogenated alkanes) is 1. The number of allylic oxidation sites excluding steroid dienone is 2. The number of carbonyl (C=O) groups is 1. The molecule has 1 rings (SSSR count). The predicted molar refractivity (Wildman–Crippen MR) is 116 cm³/mol.